The Morgan fingerprint density at radius 1 is 0.938 bits per heavy atom. The molecule has 32 heavy (non-hydrogen) atoms. The van der Waals surface area contributed by atoms with Crippen LogP contribution in [0.1, 0.15) is 22.1 Å². The Bertz CT molecular complexity index is 1150. The molecule has 4 rings (SSSR count). The molecule has 0 unspecified atom stereocenters. The molecule has 0 spiro atoms. The van der Waals surface area contributed by atoms with Crippen molar-refractivity contribution in [2.45, 2.75) is 17.2 Å². The van der Waals surface area contributed by atoms with E-state index >= 15 is 0 Å². The number of aryl methyl sites for hydroxylation is 1. The number of aromatic nitrogens is 2. The van der Waals surface area contributed by atoms with Gasteiger partial charge in [0.05, 0.1) is 10.9 Å². The highest BCUT2D eigenvalue weighted by molar-refractivity contribution is 7.99. The quantitative estimate of drug-likeness (QED) is 0.266. The zero-order chi connectivity index (χ0) is 22.3. The third-order valence-electron chi connectivity index (χ3n) is 4.69. The predicted octanol–water partition coefficient (Wildman–Crippen LogP) is 6.95. The molecule has 0 aliphatic carbocycles. The van der Waals surface area contributed by atoms with Crippen LogP contribution in [-0.4, -0.2) is 21.9 Å². The van der Waals surface area contributed by atoms with Crippen LogP contribution in [0.5, 0.6) is 0 Å². The van der Waals surface area contributed by atoms with Crippen molar-refractivity contribution in [1.82, 2.24) is 10.2 Å². The Balaban J connectivity index is 1.41. The first-order valence-electron chi connectivity index (χ1n) is 9.91. The summed E-state index contributed by atoms with van der Waals surface area (Å²) in [5.74, 6) is 0.217. The van der Waals surface area contributed by atoms with Crippen molar-refractivity contribution in [3.05, 3.63) is 105 Å². The molecular formula is C24H19Cl2N3OS2. The molecule has 1 aromatic heterocycles. The number of carbonyl (C=O) groups is 1. The monoisotopic (exact) mass is 499 g/mol. The van der Waals surface area contributed by atoms with Gasteiger partial charge in [0.25, 0.3) is 0 Å². The zero-order valence-corrected chi connectivity index (χ0v) is 20.0. The molecular weight excluding hydrogens is 481 g/mol. The van der Waals surface area contributed by atoms with Crippen molar-refractivity contribution in [2.75, 3.05) is 11.1 Å². The lowest BCUT2D eigenvalue weighted by Crippen LogP contribution is -2.22. The van der Waals surface area contributed by atoms with Crippen molar-refractivity contribution in [2.24, 2.45) is 0 Å². The van der Waals surface area contributed by atoms with Crippen LogP contribution in [0.3, 0.4) is 0 Å². The number of nitrogens with zero attached hydrogens (tertiary/aromatic N) is 2. The molecule has 0 fully saturated rings. The van der Waals surface area contributed by atoms with Crippen LogP contribution >= 0.6 is 46.3 Å². The predicted molar refractivity (Wildman–Crippen MR) is 134 cm³/mol. The van der Waals surface area contributed by atoms with Gasteiger partial charge in [0.2, 0.25) is 11.0 Å². The van der Waals surface area contributed by atoms with Crippen LogP contribution in [-0.2, 0) is 11.2 Å². The molecule has 0 aliphatic rings. The van der Waals surface area contributed by atoms with E-state index in [4.69, 9.17) is 23.2 Å². The normalized spacial score (nSPS) is 11.0. The van der Waals surface area contributed by atoms with Crippen molar-refractivity contribution in [3.63, 3.8) is 0 Å². The van der Waals surface area contributed by atoms with Gasteiger partial charge >= 0.3 is 0 Å². The number of hydrogen-bond acceptors (Lipinski definition) is 5. The third kappa shape index (κ3) is 5.90. The molecule has 8 heteroatoms. The summed E-state index contributed by atoms with van der Waals surface area (Å²) in [7, 11) is 0. The van der Waals surface area contributed by atoms with Crippen LogP contribution < -0.4 is 5.32 Å². The van der Waals surface area contributed by atoms with E-state index in [0.717, 1.165) is 26.8 Å². The average Bonchev–Trinajstić information content (AvgIpc) is 3.25. The lowest BCUT2D eigenvalue weighted by molar-refractivity contribution is -0.116. The lowest BCUT2D eigenvalue weighted by atomic mass is 9.90. The van der Waals surface area contributed by atoms with Gasteiger partial charge in [-0.05, 0) is 29.3 Å². The van der Waals surface area contributed by atoms with Crippen molar-refractivity contribution in [1.29, 1.82) is 0 Å². The molecule has 1 amide bonds. The van der Waals surface area contributed by atoms with Gasteiger partial charge < -0.3 is 0 Å². The van der Waals surface area contributed by atoms with Gasteiger partial charge in [-0.15, -0.1) is 22.0 Å². The number of anilines is 1. The molecule has 0 bridgehead atoms. The Morgan fingerprint density at radius 2 is 1.59 bits per heavy atom. The Kier molecular flexibility index (Phi) is 7.81. The zero-order valence-electron chi connectivity index (χ0n) is 16.9. The van der Waals surface area contributed by atoms with Crippen LogP contribution in [0.15, 0.2) is 83.8 Å². The average molecular weight is 500 g/mol. The van der Waals surface area contributed by atoms with Gasteiger partial charge in [-0.2, -0.15) is 0 Å². The smallest absolute Gasteiger partial charge is 0.238 e. The molecule has 0 aliphatic heterocycles. The highest BCUT2D eigenvalue weighted by atomic mass is 35.5. The number of nitrogens with one attached hydrogen (secondary N) is 1. The van der Waals surface area contributed by atoms with Gasteiger partial charge in [0, 0.05) is 22.1 Å². The van der Waals surface area contributed by atoms with Crippen LogP contribution in [0.25, 0.3) is 0 Å². The van der Waals surface area contributed by atoms with Gasteiger partial charge in [-0.3, -0.25) is 10.1 Å². The Labute approximate surface area is 205 Å². The SMILES string of the molecule is O=C(Nc1nnc(CCSc2cc(Cl)ccc2Cl)s1)C(c1ccccc1)c1ccccc1. The van der Waals surface area contributed by atoms with E-state index in [2.05, 4.69) is 15.5 Å². The molecule has 4 nitrogen and oxygen atoms in total. The number of benzene rings is 3. The molecule has 0 atom stereocenters. The number of amides is 1. The van der Waals surface area contributed by atoms with Gasteiger partial charge in [0.1, 0.15) is 5.01 Å². The maximum absolute atomic E-state index is 13.2. The largest absolute Gasteiger partial charge is 0.300 e. The van der Waals surface area contributed by atoms with Crippen LogP contribution in [0.4, 0.5) is 5.13 Å². The first-order chi connectivity index (χ1) is 15.6. The van der Waals surface area contributed by atoms with E-state index in [1.165, 1.54) is 11.3 Å². The fraction of sp³-hybridized carbons (Fsp3) is 0.125. The summed E-state index contributed by atoms with van der Waals surface area (Å²) >= 11 is 15.3. The van der Waals surface area contributed by atoms with Crippen molar-refractivity contribution < 1.29 is 4.79 Å². The maximum atomic E-state index is 13.2. The second kappa shape index (κ2) is 11.0. The first-order valence-corrected chi connectivity index (χ1v) is 12.5. The third-order valence-corrected chi connectivity index (χ3v) is 7.32. The van der Waals surface area contributed by atoms with E-state index in [-0.39, 0.29) is 5.91 Å². The minimum Gasteiger partial charge on any atom is -0.300 e. The highest BCUT2D eigenvalue weighted by Crippen LogP contribution is 2.31. The Morgan fingerprint density at radius 3 is 2.25 bits per heavy atom. The molecule has 4 aromatic rings. The molecule has 0 saturated carbocycles. The molecule has 1 N–H and O–H groups in total. The lowest BCUT2D eigenvalue weighted by Gasteiger charge is -2.16. The van der Waals surface area contributed by atoms with Gasteiger partial charge in [0.15, 0.2) is 0 Å². The van der Waals surface area contributed by atoms with Crippen molar-refractivity contribution >= 4 is 57.3 Å². The molecule has 3 aromatic carbocycles. The molecule has 0 saturated heterocycles. The summed E-state index contributed by atoms with van der Waals surface area (Å²) in [6.07, 6.45) is 0.710. The summed E-state index contributed by atoms with van der Waals surface area (Å²) in [6.45, 7) is 0. The summed E-state index contributed by atoms with van der Waals surface area (Å²) in [6, 6.07) is 24.9. The summed E-state index contributed by atoms with van der Waals surface area (Å²) in [4.78, 5) is 14.1. The van der Waals surface area contributed by atoms with Gasteiger partial charge in [-0.25, -0.2) is 0 Å². The topological polar surface area (TPSA) is 54.9 Å². The maximum Gasteiger partial charge on any atom is 0.238 e. The molecule has 162 valence electrons. The molecule has 0 radical (unpaired) electrons. The highest BCUT2D eigenvalue weighted by Gasteiger charge is 2.23. The minimum atomic E-state index is -0.426. The summed E-state index contributed by atoms with van der Waals surface area (Å²) in [5.41, 5.74) is 1.85. The Hall–Kier alpha value is -2.38. The fourth-order valence-electron chi connectivity index (χ4n) is 3.20. The van der Waals surface area contributed by atoms with Crippen LogP contribution in [0.2, 0.25) is 10.0 Å². The van der Waals surface area contributed by atoms with E-state index in [1.807, 2.05) is 66.7 Å². The standard InChI is InChI=1S/C24H19Cl2N3OS2/c25-18-11-12-19(26)20(15-18)31-14-13-21-28-29-24(32-21)27-23(30)22(16-7-3-1-4-8-16)17-9-5-2-6-10-17/h1-12,15,22H,13-14H2,(H,27,29,30). The number of carbonyl (C=O) groups excluding carboxylic acids is 1. The van der Waals surface area contributed by atoms with E-state index < -0.39 is 5.92 Å². The first kappa shape index (κ1) is 22.8. The number of rotatable bonds is 8. The summed E-state index contributed by atoms with van der Waals surface area (Å²) in [5, 5.41) is 14.0. The summed E-state index contributed by atoms with van der Waals surface area (Å²) < 4.78 is 0. The van der Waals surface area contributed by atoms with E-state index in [0.29, 0.717) is 21.6 Å². The number of hydrogen-bond donors (Lipinski definition) is 1. The fourth-order valence-corrected chi connectivity index (χ4v) is 5.53. The molecule has 1 heterocycles. The van der Waals surface area contributed by atoms with Crippen molar-refractivity contribution in [3.8, 4) is 0 Å². The minimum absolute atomic E-state index is 0.134. The second-order valence-electron chi connectivity index (χ2n) is 6.92. The van der Waals surface area contributed by atoms with Gasteiger partial charge in [-0.1, -0.05) is 95.2 Å². The van der Waals surface area contributed by atoms with E-state index in [9.17, 15) is 4.79 Å². The van der Waals surface area contributed by atoms with Crippen LogP contribution in [0, 0.1) is 0 Å². The van der Waals surface area contributed by atoms with E-state index in [1.54, 1.807) is 23.9 Å². The number of thioether (sulfide) groups is 1. The number of halogens is 2. The second-order valence-corrected chi connectivity index (χ2v) is 9.96.